The molecule has 2 aliphatic heterocycles. The monoisotopic (exact) mass is 712 g/mol. The summed E-state index contributed by atoms with van der Waals surface area (Å²) in [6.45, 7) is 9.95. The average Bonchev–Trinajstić information content (AvgIpc) is 3.66. The second-order valence-corrected chi connectivity index (χ2v) is 13.5. The number of benzene rings is 1. The molecule has 1 aromatic carbocycles. The van der Waals surface area contributed by atoms with Crippen LogP contribution in [-0.2, 0) is 21.3 Å². The van der Waals surface area contributed by atoms with Crippen molar-refractivity contribution in [3.8, 4) is 5.75 Å². The van der Waals surface area contributed by atoms with Gasteiger partial charge in [0.1, 0.15) is 5.60 Å². The molecule has 13 nitrogen and oxygen atoms in total. The van der Waals surface area contributed by atoms with Crippen LogP contribution >= 0.6 is 15.9 Å². The van der Waals surface area contributed by atoms with E-state index in [1.807, 2.05) is 7.05 Å². The molecule has 2 aromatic heterocycles. The Balaban J connectivity index is 1.50. The molecule has 1 fully saturated rings. The summed E-state index contributed by atoms with van der Waals surface area (Å²) in [7, 11) is 5.12. The molecular weight excluding hydrogens is 672 g/mol. The lowest BCUT2D eigenvalue weighted by Gasteiger charge is -2.31. The minimum Gasteiger partial charge on any atom is -0.465 e. The van der Waals surface area contributed by atoms with E-state index in [4.69, 9.17) is 14.2 Å². The number of likely N-dealkylation sites (N-methyl/N-ethyl adjacent to an activating group) is 1. The number of methoxy groups -OCH3 is 1. The lowest BCUT2D eigenvalue weighted by Crippen LogP contribution is -2.48. The second-order valence-electron chi connectivity index (χ2n) is 12.9. The van der Waals surface area contributed by atoms with E-state index >= 15 is 0 Å². The van der Waals surface area contributed by atoms with Crippen LogP contribution < -0.4 is 15.0 Å². The zero-order valence-corrected chi connectivity index (χ0v) is 29.3. The summed E-state index contributed by atoms with van der Waals surface area (Å²) in [5, 5.41) is 3.80. The Morgan fingerprint density at radius 1 is 1.11 bits per heavy atom. The Labute approximate surface area is 281 Å². The number of fused-ring (bicyclic) bond motifs is 3. The van der Waals surface area contributed by atoms with Gasteiger partial charge in [0, 0.05) is 86.1 Å². The Kier molecular flexibility index (Phi) is 9.73. The fourth-order valence-corrected chi connectivity index (χ4v) is 6.46. The minimum atomic E-state index is -0.641. The van der Waals surface area contributed by atoms with Crippen LogP contribution in [0.25, 0.3) is 17.0 Å². The maximum absolute atomic E-state index is 13.8. The smallest absolute Gasteiger partial charge is 0.415 e. The van der Waals surface area contributed by atoms with Gasteiger partial charge in [-0.1, -0.05) is 15.9 Å². The van der Waals surface area contributed by atoms with Gasteiger partial charge in [0.15, 0.2) is 5.75 Å². The van der Waals surface area contributed by atoms with Crippen LogP contribution in [0.1, 0.15) is 54.0 Å². The standard InChI is InChI=1S/C33H41BrN6O7/c1-19-26(30(42)45-7)28-27-20(16-34)17-40(23(27)15-24(29(28)35-19)46-32(44)39-12-10-37(5)11-13-39)25(41)9-8-22-14-21(18-38(22)6)36-31(43)47-33(2,3)4/h8-9,14-15,18,20,35H,10-13,16-17H2,1-7H3,(H,36,43)/b9-8+. The second kappa shape index (κ2) is 13.4. The van der Waals surface area contributed by atoms with E-state index in [-0.39, 0.29) is 17.6 Å². The zero-order valence-electron chi connectivity index (χ0n) is 27.7. The topological polar surface area (TPSA) is 138 Å². The van der Waals surface area contributed by atoms with Crippen molar-refractivity contribution < 1.29 is 33.4 Å². The molecule has 47 heavy (non-hydrogen) atoms. The van der Waals surface area contributed by atoms with Crippen LogP contribution in [0.2, 0.25) is 0 Å². The highest BCUT2D eigenvalue weighted by Crippen LogP contribution is 2.47. The number of amides is 3. The summed E-state index contributed by atoms with van der Waals surface area (Å²) in [6, 6.07) is 3.43. The first kappa shape index (κ1) is 34.0. The number of halogens is 1. The van der Waals surface area contributed by atoms with Crippen LogP contribution in [0.15, 0.2) is 24.4 Å². The number of carbonyl (C=O) groups excluding carboxylic acids is 4. The molecule has 0 spiro atoms. The maximum atomic E-state index is 13.8. The van der Waals surface area contributed by atoms with Gasteiger partial charge in [0.05, 0.1) is 29.6 Å². The molecular formula is C33H41BrN6O7. The van der Waals surface area contributed by atoms with Crippen molar-refractivity contribution in [3.05, 3.63) is 46.9 Å². The van der Waals surface area contributed by atoms with Crippen LogP contribution in [0.3, 0.4) is 0 Å². The van der Waals surface area contributed by atoms with Gasteiger partial charge in [-0.25, -0.2) is 14.4 Å². The third-order valence-electron chi connectivity index (χ3n) is 8.23. The fraction of sp³-hybridized carbons (Fsp3) is 0.455. The highest BCUT2D eigenvalue weighted by molar-refractivity contribution is 9.09. The SMILES string of the molecule is COC(=O)c1c(C)[nH]c2c(OC(=O)N3CCN(C)CC3)cc3c(c12)C(CBr)CN3C(=O)/C=C/c1cc(NC(=O)OC(C)(C)C)cn1C. The first-order chi connectivity index (χ1) is 22.2. The number of ether oxygens (including phenoxy) is 3. The van der Waals surface area contributed by atoms with E-state index in [2.05, 4.69) is 31.1 Å². The Hall–Kier alpha value is -4.30. The number of hydrogen-bond acceptors (Lipinski definition) is 8. The van der Waals surface area contributed by atoms with Gasteiger partial charge in [0.25, 0.3) is 5.91 Å². The van der Waals surface area contributed by atoms with Crippen molar-refractivity contribution in [2.24, 2.45) is 7.05 Å². The molecule has 0 aliphatic carbocycles. The fourth-order valence-electron chi connectivity index (χ4n) is 5.93. The summed E-state index contributed by atoms with van der Waals surface area (Å²) in [6.07, 6.45) is 3.76. The first-order valence-electron chi connectivity index (χ1n) is 15.4. The van der Waals surface area contributed by atoms with Gasteiger partial charge in [-0.05, 0) is 52.4 Å². The molecule has 1 atom stereocenters. The quantitative estimate of drug-likeness (QED) is 0.201. The van der Waals surface area contributed by atoms with E-state index in [0.717, 1.165) is 18.7 Å². The molecule has 0 saturated carbocycles. The van der Waals surface area contributed by atoms with Crippen molar-refractivity contribution in [3.63, 3.8) is 0 Å². The van der Waals surface area contributed by atoms with Gasteiger partial charge in [0.2, 0.25) is 0 Å². The van der Waals surface area contributed by atoms with E-state index in [0.29, 0.717) is 64.2 Å². The third kappa shape index (κ3) is 7.18. The molecule has 2 N–H and O–H groups in total. The van der Waals surface area contributed by atoms with Crippen LogP contribution in [0.4, 0.5) is 21.0 Å². The number of hydrogen-bond donors (Lipinski definition) is 2. The van der Waals surface area contributed by atoms with Gasteiger partial charge in [-0.15, -0.1) is 0 Å². The largest absolute Gasteiger partial charge is 0.465 e. The van der Waals surface area contributed by atoms with E-state index in [9.17, 15) is 19.2 Å². The number of alkyl halides is 1. The number of piperazine rings is 1. The Bertz CT molecular complexity index is 1750. The van der Waals surface area contributed by atoms with Crippen LogP contribution in [0, 0.1) is 6.92 Å². The molecule has 5 rings (SSSR count). The number of aromatic nitrogens is 2. The molecule has 2 aliphatic rings. The molecule has 14 heteroatoms. The molecule has 1 saturated heterocycles. The summed E-state index contributed by atoms with van der Waals surface area (Å²) >= 11 is 3.61. The number of nitrogens with one attached hydrogen (secondary N) is 2. The normalized spacial score (nSPS) is 16.9. The van der Waals surface area contributed by atoms with E-state index in [1.165, 1.54) is 13.2 Å². The predicted octanol–water partition coefficient (Wildman–Crippen LogP) is 5.23. The predicted molar refractivity (Wildman–Crippen MR) is 183 cm³/mol. The Morgan fingerprint density at radius 3 is 2.45 bits per heavy atom. The highest BCUT2D eigenvalue weighted by atomic mass is 79.9. The van der Waals surface area contributed by atoms with Crippen molar-refractivity contribution in [2.45, 2.75) is 39.2 Å². The number of H-pyrrole nitrogens is 1. The van der Waals surface area contributed by atoms with Crippen molar-refractivity contribution >= 4 is 68.3 Å². The van der Waals surface area contributed by atoms with Crippen LogP contribution in [0.5, 0.6) is 5.75 Å². The third-order valence-corrected chi connectivity index (χ3v) is 9.02. The Morgan fingerprint density at radius 2 is 1.81 bits per heavy atom. The van der Waals surface area contributed by atoms with E-state index in [1.54, 1.807) is 73.5 Å². The summed E-state index contributed by atoms with van der Waals surface area (Å²) in [5.74, 6) is -0.778. The van der Waals surface area contributed by atoms with Gasteiger partial charge in [-0.3, -0.25) is 10.1 Å². The molecule has 3 amide bonds. The zero-order chi connectivity index (χ0) is 34.2. The van der Waals surface area contributed by atoms with Crippen molar-refractivity contribution in [1.82, 2.24) is 19.4 Å². The van der Waals surface area contributed by atoms with Gasteiger partial charge in [-0.2, -0.15) is 0 Å². The number of anilines is 2. The maximum Gasteiger partial charge on any atom is 0.415 e. The average molecular weight is 714 g/mol. The number of nitrogens with zero attached hydrogens (tertiary/aromatic N) is 4. The molecule has 0 radical (unpaired) electrons. The number of carbonyl (C=O) groups is 4. The first-order valence-corrected chi connectivity index (χ1v) is 16.5. The molecule has 252 valence electrons. The van der Waals surface area contributed by atoms with Gasteiger partial charge < -0.3 is 38.5 Å². The number of rotatable bonds is 6. The molecule has 1 unspecified atom stereocenters. The molecule has 3 aromatic rings. The minimum absolute atomic E-state index is 0.162. The lowest BCUT2D eigenvalue weighted by atomic mass is 9.95. The van der Waals surface area contributed by atoms with Crippen LogP contribution in [-0.4, -0.2) is 101 Å². The van der Waals surface area contributed by atoms with Crippen molar-refractivity contribution in [1.29, 1.82) is 0 Å². The lowest BCUT2D eigenvalue weighted by molar-refractivity contribution is -0.114. The summed E-state index contributed by atoms with van der Waals surface area (Å²) in [4.78, 5) is 61.1. The van der Waals surface area contributed by atoms with Gasteiger partial charge >= 0.3 is 18.2 Å². The molecule has 0 bridgehead atoms. The summed E-state index contributed by atoms with van der Waals surface area (Å²) < 4.78 is 18.2. The summed E-state index contributed by atoms with van der Waals surface area (Å²) in [5.41, 5.74) is 3.27. The number of aromatic amines is 1. The number of aryl methyl sites for hydroxylation is 2. The molecule has 4 heterocycles. The number of esters is 1. The van der Waals surface area contributed by atoms with Crippen molar-refractivity contribution in [2.75, 3.05) is 62.4 Å². The van der Waals surface area contributed by atoms with E-state index < -0.39 is 23.8 Å². The highest BCUT2D eigenvalue weighted by Gasteiger charge is 2.37.